The lowest BCUT2D eigenvalue weighted by atomic mass is 9.64. The van der Waals surface area contributed by atoms with E-state index < -0.39 is 21.7 Å². The lowest BCUT2D eigenvalue weighted by Crippen LogP contribution is -2.51. The van der Waals surface area contributed by atoms with Crippen LogP contribution in [0.25, 0.3) is 0 Å². The lowest BCUT2D eigenvalue weighted by Gasteiger charge is -2.48. The summed E-state index contributed by atoms with van der Waals surface area (Å²) >= 11 is 0. The quantitative estimate of drug-likeness (QED) is 0.790. The molecule has 1 aromatic rings. The van der Waals surface area contributed by atoms with Crippen molar-refractivity contribution in [1.29, 1.82) is 0 Å². The molecule has 1 unspecified atom stereocenters. The largest absolute Gasteiger partial charge is 0.378 e. The summed E-state index contributed by atoms with van der Waals surface area (Å²) in [6.07, 6.45) is 6.18. The third-order valence-electron chi connectivity index (χ3n) is 5.39. The number of halogens is 1. The number of rotatable bonds is 6. The number of carbonyl (C=O) groups excluding carboxylic acids is 1. The number of hydrogen-bond acceptors (Lipinski definition) is 4. The van der Waals surface area contributed by atoms with Gasteiger partial charge < -0.3 is 10.1 Å². The fourth-order valence-corrected chi connectivity index (χ4v) is 4.91. The maximum Gasteiger partial charge on any atom is 0.240 e. The average Bonchev–Trinajstić information content (AvgIpc) is 2.56. The highest BCUT2D eigenvalue weighted by Gasteiger charge is 2.45. The Hall–Kier alpha value is -1.51. The van der Waals surface area contributed by atoms with Crippen LogP contribution in [0.5, 0.6) is 0 Å². The molecule has 1 amide bonds. The van der Waals surface area contributed by atoms with Gasteiger partial charge in [0.1, 0.15) is 5.82 Å². The van der Waals surface area contributed by atoms with Crippen LogP contribution in [0.1, 0.15) is 45.4 Å². The van der Waals surface area contributed by atoms with E-state index in [4.69, 9.17) is 4.74 Å². The van der Waals surface area contributed by atoms with E-state index in [0.29, 0.717) is 6.54 Å². The Labute approximate surface area is 153 Å². The van der Waals surface area contributed by atoms with Crippen LogP contribution < -0.4 is 10.0 Å². The molecule has 1 aliphatic carbocycles. The first-order valence-electron chi connectivity index (χ1n) is 9.01. The van der Waals surface area contributed by atoms with Crippen molar-refractivity contribution in [1.82, 2.24) is 4.72 Å². The van der Waals surface area contributed by atoms with Gasteiger partial charge in [-0.3, -0.25) is 4.79 Å². The molecule has 1 atom stereocenters. The summed E-state index contributed by atoms with van der Waals surface area (Å²) < 4.78 is 47.7. The Morgan fingerprint density at radius 2 is 2.08 bits per heavy atom. The van der Waals surface area contributed by atoms with Crippen LogP contribution in [0.15, 0.2) is 23.1 Å². The van der Waals surface area contributed by atoms with Crippen LogP contribution in [-0.2, 0) is 19.6 Å². The van der Waals surface area contributed by atoms with Crippen LogP contribution in [0.3, 0.4) is 0 Å². The van der Waals surface area contributed by atoms with E-state index in [0.717, 1.165) is 57.3 Å². The molecule has 0 spiro atoms. The van der Waals surface area contributed by atoms with Crippen molar-refractivity contribution in [3.8, 4) is 0 Å². The second-order valence-electron chi connectivity index (χ2n) is 7.22. The predicted octanol–water partition coefficient (Wildman–Crippen LogP) is 2.80. The van der Waals surface area contributed by atoms with Gasteiger partial charge in [0.15, 0.2) is 0 Å². The van der Waals surface area contributed by atoms with Crippen LogP contribution >= 0.6 is 0 Å². The van der Waals surface area contributed by atoms with Crippen molar-refractivity contribution in [2.45, 2.75) is 56.4 Å². The van der Waals surface area contributed by atoms with E-state index in [2.05, 4.69) is 10.0 Å². The molecule has 2 aliphatic rings. The minimum atomic E-state index is -3.81. The first kappa shape index (κ1) is 19.3. The summed E-state index contributed by atoms with van der Waals surface area (Å²) in [6.45, 7) is 2.29. The zero-order valence-corrected chi connectivity index (χ0v) is 15.7. The molecule has 1 aromatic carbocycles. The second-order valence-corrected chi connectivity index (χ2v) is 8.99. The van der Waals surface area contributed by atoms with Crippen LogP contribution in [0, 0.1) is 11.2 Å². The number of benzene rings is 1. The molecule has 1 saturated carbocycles. The molecule has 0 radical (unpaired) electrons. The fourth-order valence-electron chi connectivity index (χ4n) is 3.75. The fraction of sp³-hybridized carbons (Fsp3) is 0.611. The van der Waals surface area contributed by atoms with E-state index >= 15 is 0 Å². The molecule has 1 aliphatic heterocycles. The first-order chi connectivity index (χ1) is 12.3. The summed E-state index contributed by atoms with van der Waals surface area (Å²) in [5.74, 6) is -1.14. The number of ether oxygens (including phenoxy) is 1. The lowest BCUT2D eigenvalue weighted by molar-refractivity contribution is -0.114. The van der Waals surface area contributed by atoms with Gasteiger partial charge in [-0.05, 0) is 50.3 Å². The van der Waals surface area contributed by atoms with Crippen LogP contribution in [0.2, 0.25) is 0 Å². The maximum absolute atomic E-state index is 13.8. The topological polar surface area (TPSA) is 84.5 Å². The van der Waals surface area contributed by atoms with Gasteiger partial charge in [0.25, 0.3) is 0 Å². The predicted molar refractivity (Wildman–Crippen MR) is 95.8 cm³/mol. The molecule has 2 N–H and O–H groups in total. The molecule has 0 aromatic heterocycles. The highest BCUT2D eigenvalue weighted by Crippen LogP contribution is 2.47. The highest BCUT2D eigenvalue weighted by molar-refractivity contribution is 7.89. The monoisotopic (exact) mass is 384 g/mol. The Kier molecular flexibility index (Phi) is 5.64. The molecule has 0 bridgehead atoms. The summed E-state index contributed by atoms with van der Waals surface area (Å²) in [6, 6.07) is 3.39. The maximum atomic E-state index is 13.8. The first-order valence-corrected chi connectivity index (χ1v) is 10.5. The number of sulfonamides is 1. The summed E-state index contributed by atoms with van der Waals surface area (Å²) in [5.41, 5.74) is -0.289. The number of anilines is 1. The van der Waals surface area contributed by atoms with Gasteiger partial charge >= 0.3 is 0 Å². The molecular weight excluding hydrogens is 359 g/mol. The van der Waals surface area contributed by atoms with Crippen molar-refractivity contribution in [3.63, 3.8) is 0 Å². The van der Waals surface area contributed by atoms with E-state index in [1.165, 1.54) is 13.0 Å². The smallest absolute Gasteiger partial charge is 0.240 e. The van der Waals surface area contributed by atoms with Crippen LogP contribution in [-0.4, -0.2) is 33.6 Å². The molecule has 6 nitrogen and oxygen atoms in total. The number of carbonyl (C=O) groups is 1. The number of amides is 1. The Morgan fingerprint density at radius 1 is 1.31 bits per heavy atom. The minimum absolute atomic E-state index is 0.0679. The van der Waals surface area contributed by atoms with Crippen LogP contribution in [0.4, 0.5) is 10.1 Å². The van der Waals surface area contributed by atoms with Gasteiger partial charge in [-0.2, -0.15) is 0 Å². The normalized spacial score (nSPS) is 22.5. The third-order valence-corrected chi connectivity index (χ3v) is 6.78. The molecular formula is C18H25FN2O4S. The number of hydrogen-bond donors (Lipinski definition) is 2. The standard InChI is InChI=1S/C18H25FN2O4S/c1-13(22)21-16-11-14(6-7-15(16)19)26(23,24)20-12-18(8-4-9-18)17-5-2-3-10-25-17/h6-7,11,17,20H,2-5,8-10,12H2,1H3,(H,21,22). The molecule has 2 fully saturated rings. The van der Waals surface area contributed by atoms with E-state index in [1.54, 1.807) is 0 Å². The molecule has 1 saturated heterocycles. The second kappa shape index (κ2) is 7.62. The van der Waals surface area contributed by atoms with E-state index in [1.807, 2.05) is 0 Å². The van der Waals surface area contributed by atoms with Gasteiger partial charge in [0, 0.05) is 25.5 Å². The molecule has 8 heteroatoms. The Balaban J connectivity index is 1.73. The Morgan fingerprint density at radius 3 is 2.65 bits per heavy atom. The minimum Gasteiger partial charge on any atom is -0.378 e. The SMILES string of the molecule is CC(=O)Nc1cc(S(=O)(=O)NCC2(C3CCCCO3)CCC2)ccc1F. The van der Waals surface area contributed by atoms with Gasteiger partial charge in [0.05, 0.1) is 16.7 Å². The highest BCUT2D eigenvalue weighted by atomic mass is 32.2. The van der Waals surface area contributed by atoms with Crippen molar-refractivity contribution in [3.05, 3.63) is 24.0 Å². The Bertz CT molecular complexity index is 771. The van der Waals surface area contributed by atoms with Gasteiger partial charge in [-0.15, -0.1) is 0 Å². The molecule has 144 valence electrons. The van der Waals surface area contributed by atoms with Gasteiger partial charge in [-0.1, -0.05) is 6.42 Å². The van der Waals surface area contributed by atoms with Gasteiger partial charge in [-0.25, -0.2) is 17.5 Å². The van der Waals surface area contributed by atoms with E-state index in [9.17, 15) is 17.6 Å². The van der Waals surface area contributed by atoms with Gasteiger partial charge in [0.2, 0.25) is 15.9 Å². The zero-order chi connectivity index (χ0) is 18.8. The molecule has 3 rings (SSSR count). The van der Waals surface area contributed by atoms with Crippen molar-refractivity contribution in [2.24, 2.45) is 5.41 Å². The number of nitrogens with one attached hydrogen (secondary N) is 2. The van der Waals surface area contributed by atoms with Crippen molar-refractivity contribution < 1.29 is 22.3 Å². The summed E-state index contributed by atoms with van der Waals surface area (Å²) in [5, 5.41) is 2.31. The van der Waals surface area contributed by atoms with Crippen molar-refractivity contribution in [2.75, 3.05) is 18.5 Å². The third kappa shape index (κ3) is 4.07. The summed E-state index contributed by atoms with van der Waals surface area (Å²) in [4.78, 5) is 11.1. The molecule has 26 heavy (non-hydrogen) atoms. The summed E-state index contributed by atoms with van der Waals surface area (Å²) in [7, 11) is -3.81. The molecule has 1 heterocycles. The average molecular weight is 384 g/mol. The zero-order valence-electron chi connectivity index (χ0n) is 14.9. The van der Waals surface area contributed by atoms with E-state index in [-0.39, 0.29) is 22.1 Å². The van der Waals surface area contributed by atoms with Crippen molar-refractivity contribution >= 4 is 21.6 Å².